The lowest BCUT2D eigenvalue weighted by Crippen LogP contribution is -2.38. The van der Waals surface area contributed by atoms with Gasteiger partial charge in [0.1, 0.15) is 6.10 Å². The Morgan fingerprint density at radius 1 is 1.27 bits per heavy atom. The van der Waals surface area contributed by atoms with Crippen LogP contribution >= 0.6 is 0 Å². The number of hydrogen-bond donors (Lipinski definition) is 1. The van der Waals surface area contributed by atoms with Gasteiger partial charge in [0.2, 0.25) is 0 Å². The first-order valence-corrected chi connectivity index (χ1v) is 6.22. The van der Waals surface area contributed by atoms with Crippen LogP contribution in [0.5, 0.6) is 0 Å². The van der Waals surface area contributed by atoms with Crippen LogP contribution < -0.4 is 0 Å². The molecule has 1 saturated heterocycles. The Bertz CT molecular complexity index is 150. The normalized spacial score (nSPS) is 26.8. The molecule has 15 heavy (non-hydrogen) atoms. The number of aliphatic hydroxyl groups excluding tert-OH is 1. The summed E-state index contributed by atoms with van der Waals surface area (Å²) in [7, 11) is 0. The number of hydrogen-bond acceptors (Lipinski definition) is 3. The zero-order chi connectivity index (χ0) is 10.9. The monoisotopic (exact) mass is 216 g/mol. The lowest BCUT2D eigenvalue weighted by atomic mass is 10.1. The fourth-order valence-corrected chi connectivity index (χ4v) is 1.80. The van der Waals surface area contributed by atoms with Crippen LogP contribution in [0.2, 0.25) is 0 Å². The van der Waals surface area contributed by atoms with Gasteiger partial charge in [-0.25, -0.2) is 0 Å². The maximum absolute atomic E-state index is 9.60. The Kier molecular flexibility index (Phi) is 6.98. The lowest BCUT2D eigenvalue weighted by molar-refractivity contribution is -0.117. The minimum absolute atomic E-state index is 0.0927. The third-order valence-corrected chi connectivity index (χ3v) is 2.85. The molecule has 0 aromatic rings. The Labute approximate surface area is 92.8 Å². The van der Waals surface area contributed by atoms with Crippen LogP contribution in [0.4, 0.5) is 0 Å². The average Bonchev–Trinajstić information content (AvgIpc) is 2.25. The van der Waals surface area contributed by atoms with Crippen molar-refractivity contribution in [1.29, 1.82) is 0 Å². The molecule has 90 valence electrons. The number of unbranched alkanes of at least 4 members (excludes halogenated alkanes) is 4. The van der Waals surface area contributed by atoms with Crippen molar-refractivity contribution in [3.8, 4) is 0 Å². The summed E-state index contributed by atoms with van der Waals surface area (Å²) in [6.07, 6.45) is 6.51. The highest BCUT2D eigenvalue weighted by molar-refractivity contribution is 4.72. The van der Waals surface area contributed by atoms with Crippen molar-refractivity contribution in [2.75, 3.05) is 19.8 Å². The quantitative estimate of drug-likeness (QED) is 0.662. The molecule has 3 nitrogen and oxygen atoms in total. The molecule has 0 aliphatic carbocycles. The van der Waals surface area contributed by atoms with Gasteiger partial charge in [-0.15, -0.1) is 0 Å². The molecular formula is C12H24O3. The molecule has 0 aromatic carbocycles. The SMILES string of the molecule is CCCCCCCOC1COCCC1O. The van der Waals surface area contributed by atoms with E-state index in [9.17, 15) is 5.11 Å². The highest BCUT2D eigenvalue weighted by Crippen LogP contribution is 2.12. The molecule has 1 rings (SSSR count). The van der Waals surface area contributed by atoms with Gasteiger partial charge in [0.25, 0.3) is 0 Å². The summed E-state index contributed by atoms with van der Waals surface area (Å²) in [6.45, 7) is 4.19. The van der Waals surface area contributed by atoms with Gasteiger partial charge >= 0.3 is 0 Å². The second-order valence-corrected chi connectivity index (χ2v) is 4.25. The molecule has 0 bridgehead atoms. The van der Waals surface area contributed by atoms with Crippen molar-refractivity contribution < 1.29 is 14.6 Å². The third-order valence-electron chi connectivity index (χ3n) is 2.85. The van der Waals surface area contributed by atoms with Crippen molar-refractivity contribution in [1.82, 2.24) is 0 Å². The standard InChI is InChI=1S/C12H24O3/c1-2-3-4-5-6-8-15-12-10-14-9-7-11(12)13/h11-13H,2-10H2,1H3. The van der Waals surface area contributed by atoms with E-state index in [0.29, 0.717) is 19.6 Å². The van der Waals surface area contributed by atoms with E-state index in [2.05, 4.69) is 6.92 Å². The summed E-state index contributed by atoms with van der Waals surface area (Å²) in [6, 6.07) is 0. The molecule has 1 aliphatic rings. The van der Waals surface area contributed by atoms with Crippen LogP contribution in [0.25, 0.3) is 0 Å². The Balaban J connectivity index is 1.94. The fourth-order valence-electron chi connectivity index (χ4n) is 1.80. The first-order valence-electron chi connectivity index (χ1n) is 6.22. The minimum atomic E-state index is -0.325. The zero-order valence-corrected chi connectivity index (χ0v) is 9.78. The number of rotatable bonds is 7. The molecule has 0 aromatic heterocycles. The van der Waals surface area contributed by atoms with Gasteiger partial charge < -0.3 is 14.6 Å². The minimum Gasteiger partial charge on any atom is -0.390 e. The Morgan fingerprint density at radius 2 is 2.07 bits per heavy atom. The summed E-state index contributed by atoms with van der Waals surface area (Å²) in [4.78, 5) is 0. The largest absolute Gasteiger partial charge is 0.390 e. The maximum atomic E-state index is 9.60. The molecule has 0 radical (unpaired) electrons. The molecule has 0 amide bonds. The van der Waals surface area contributed by atoms with Crippen LogP contribution in [-0.4, -0.2) is 37.1 Å². The van der Waals surface area contributed by atoms with E-state index in [-0.39, 0.29) is 12.2 Å². The van der Waals surface area contributed by atoms with Gasteiger partial charge in [-0.3, -0.25) is 0 Å². The van der Waals surface area contributed by atoms with Crippen molar-refractivity contribution in [2.45, 2.75) is 57.7 Å². The van der Waals surface area contributed by atoms with Crippen LogP contribution in [-0.2, 0) is 9.47 Å². The molecule has 1 aliphatic heterocycles. The molecular weight excluding hydrogens is 192 g/mol. The summed E-state index contributed by atoms with van der Waals surface area (Å²) >= 11 is 0. The third kappa shape index (κ3) is 5.50. The second-order valence-electron chi connectivity index (χ2n) is 4.25. The van der Waals surface area contributed by atoms with Crippen LogP contribution in [0.3, 0.4) is 0 Å². The maximum Gasteiger partial charge on any atom is 0.107 e. The molecule has 0 saturated carbocycles. The van der Waals surface area contributed by atoms with Crippen LogP contribution in [0, 0.1) is 0 Å². The van der Waals surface area contributed by atoms with E-state index in [1.54, 1.807) is 0 Å². The average molecular weight is 216 g/mol. The Hall–Kier alpha value is -0.120. The molecule has 1 fully saturated rings. The number of ether oxygens (including phenoxy) is 2. The highest BCUT2D eigenvalue weighted by atomic mass is 16.5. The van der Waals surface area contributed by atoms with Gasteiger partial charge in [0.05, 0.1) is 12.7 Å². The van der Waals surface area contributed by atoms with E-state index in [1.165, 1.54) is 25.7 Å². The predicted molar refractivity (Wildman–Crippen MR) is 59.9 cm³/mol. The Morgan fingerprint density at radius 3 is 2.80 bits per heavy atom. The van der Waals surface area contributed by atoms with Crippen LogP contribution in [0.15, 0.2) is 0 Å². The fraction of sp³-hybridized carbons (Fsp3) is 1.00. The van der Waals surface area contributed by atoms with E-state index in [1.807, 2.05) is 0 Å². The molecule has 2 atom stereocenters. The van der Waals surface area contributed by atoms with E-state index in [0.717, 1.165) is 13.0 Å². The van der Waals surface area contributed by atoms with Gasteiger partial charge in [-0.05, 0) is 12.8 Å². The summed E-state index contributed by atoms with van der Waals surface area (Å²) in [5.74, 6) is 0. The summed E-state index contributed by atoms with van der Waals surface area (Å²) < 4.78 is 10.9. The smallest absolute Gasteiger partial charge is 0.107 e. The molecule has 3 heteroatoms. The van der Waals surface area contributed by atoms with Crippen molar-refractivity contribution in [2.24, 2.45) is 0 Å². The van der Waals surface area contributed by atoms with Gasteiger partial charge in [0, 0.05) is 13.2 Å². The van der Waals surface area contributed by atoms with Gasteiger partial charge in [0.15, 0.2) is 0 Å². The summed E-state index contributed by atoms with van der Waals surface area (Å²) in [5, 5.41) is 9.60. The second kappa shape index (κ2) is 8.08. The van der Waals surface area contributed by atoms with E-state index in [4.69, 9.17) is 9.47 Å². The first-order chi connectivity index (χ1) is 7.34. The van der Waals surface area contributed by atoms with Crippen molar-refractivity contribution >= 4 is 0 Å². The van der Waals surface area contributed by atoms with E-state index < -0.39 is 0 Å². The highest BCUT2D eigenvalue weighted by Gasteiger charge is 2.23. The lowest BCUT2D eigenvalue weighted by Gasteiger charge is -2.27. The predicted octanol–water partition coefficient (Wildman–Crippen LogP) is 2.12. The molecule has 0 spiro atoms. The van der Waals surface area contributed by atoms with E-state index >= 15 is 0 Å². The molecule has 1 heterocycles. The first kappa shape index (κ1) is 12.9. The molecule has 2 unspecified atom stereocenters. The zero-order valence-electron chi connectivity index (χ0n) is 9.78. The van der Waals surface area contributed by atoms with Gasteiger partial charge in [-0.2, -0.15) is 0 Å². The topological polar surface area (TPSA) is 38.7 Å². The van der Waals surface area contributed by atoms with Crippen molar-refractivity contribution in [3.63, 3.8) is 0 Å². The molecule has 1 N–H and O–H groups in total. The number of aliphatic hydroxyl groups is 1. The van der Waals surface area contributed by atoms with Crippen LogP contribution in [0.1, 0.15) is 45.4 Å². The summed E-state index contributed by atoms with van der Waals surface area (Å²) in [5.41, 5.74) is 0. The van der Waals surface area contributed by atoms with Crippen molar-refractivity contribution in [3.05, 3.63) is 0 Å². The van der Waals surface area contributed by atoms with Gasteiger partial charge in [-0.1, -0.05) is 32.6 Å².